The highest BCUT2D eigenvalue weighted by Crippen LogP contribution is 2.18. The van der Waals surface area contributed by atoms with Crippen LogP contribution < -0.4 is 10.6 Å². The largest absolute Gasteiger partial charge is 0.352 e. The first-order valence-electron chi connectivity index (χ1n) is 8.19. The minimum absolute atomic E-state index is 0.106. The first-order valence-corrected chi connectivity index (χ1v) is 8.19. The molecule has 2 heterocycles. The summed E-state index contributed by atoms with van der Waals surface area (Å²) in [7, 11) is 0. The highest BCUT2D eigenvalue weighted by Gasteiger charge is 2.15. The standard InChI is InChI=1S/C18H22FN3O/c1-12-16(9-14-4-5-15(19)10-17(14)22-12)18(23)21-8-6-13-3-2-7-20-11-13/h4-5,9-10,13,20H,2-3,6-8,11H2,1H3,(H,21,23). The number of nitrogens with zero attached hydrogens (tertiary/aromatic N) is 1. The molecule has 2 N–H and O–H groups in total. The summed E-state index contributed by atoms with van der Waals surface area (Å²) in [5, 5.41) is 7.14. The molecule has 0 aliphatic carbocycles. The van der Waals surface area contributed by atoms with E-state index in [0.717, 1.165) is 24.9 Å². The number of aryl methyl sites for hydroxylation is 1. The molecule has 1 aliphatic rings. The van der Waals surface area contributed by atoms with Gasteiger partial charge in [0.2, 0.25) is 0 Å². The fourth-order valence-electron chi connectivity index (χ4n) is 3.12. The van der Waals surface area contributed by atoms with Crippen molar-refractivity contribution in [2.75, 3.05) is 19.6 Å². The molecule has 0 radical (unpaired) electrons. The van der Waals surface area contributed by atoms with E-state index in [1.165, 1.54) is 25.0 Å². The van der Waals surface area contributed by atoms with Gasteiger partial charge in [0, 0.05) is 18.0 Å². The quantitative estimate of drug-likeness (QED) is 0.912. The van der Waals surface area contributed by atoms with Gasteiger partial charge in [-0.3, -0.25) is 9.78 Å². The minimum Gasteiger partial charge on any atom is -0.352 e. The van der Waals surface area contributed by atoms with Crippen molar-refractivity contribution in [1.82, 2.24) is 15.6 Å². The third-order valence-electron chi connectivity index (χ3n) is 4.45. The Morgan fingerprint density at radius 2 is 2.30 bits per heavy atom. The SMILES string of the molecule is Cc1nc2cc(F)ccc2cc1C(=O)NCCC1CCCNC1. The lowest BCUT2D eigenvalue weighted by atomic mass is 9.96. The van der Waals surface area contributed by atoms with Crippen molar-refractivity contribution < 1.29 is 9.18 Å². The van der Waals surface area contributed by atoms with Crippen molar-refractivity contribution in [1.29, 1.82) is 0 Å². The average molecular weight is 315 g/mol. The molecule has 1 unspecified atom stereocenters. The number of hydrogen-bond acceptors (Lipinski definition) is 3. The minimum atomic E-state index is -0.317. The Bertz CT molecular complexity index is 711. The number of fused-ring (bicyclic) bond motifs is 1. The van der Waals surface area contributed by atoms with Crippen LogP contribution in [0.4, 0.5) is 4.39 Å². The topological polar surface area (TPSA) is 54.0 Å². The van der Waals surface area contributed by atoms with E-state index in [0.29, 0.717) is 29.2 Å². The zero-order valence-corrected chi connectivity index (χ0v) is 13.4. The lowest BCUT2D eigenvalue weighted by Gasteiger charge is -2.22. The van der Waals surface area contributed by atoms with Crippen LogP contribution in [0.15, 0.2) is 24.3 Å². The van der Waals surface area contributed by atoms with E-state index in [4.69, 9.17) is 0 Å². The van der Waals surface area contributed by atoms with Gasteiger partial charge in [-0.25, -0.2) is 4.39 Å². The van der Waals surface area contributed by atoms with Crippen molar-refractivity contribution in [2.24, 2.45) is 5.92 Å². The van der Waals surface area contributed by atoms with Gasteiger partial charge in [0.05, 0.1) is 16.8 Å². The summed E-state index contributed by atoms with van der Waals surface area (Å²) in [6.07, 6.45) is 3.43. The van der Waals surface area contributed by atoms with Gasteiger partial charge in [-0.15, -0.1) is 0 Å². The lowest BCUT2D eigenvalue weighted by molar-refractivity contribution is 0.0950. The van der Waals surface area contributed by atoms with Gasteiger partial charge in [0.1, 0.15) is 5.82 Å². The summed E-state index contributed by atoms with van der Waals surface area (Å²) in [6.45, 7) is 4.60. The summed E-state index contributed by atoms with van der Waals surface area (Å²) in [5.74, 6) is 0.218. The summed E-state index contributed by atoms with van der Waals surface area (Å²) in [5.41, 5.74) is 1.76. The number of pyridine rings is 1. The van der Waals surface area contributed by atoms with Crippen LogP contribution in [0.3, 0.4) is 0 Å². The maximum absolute atomic E-state index is 13.2. The average Bonchev–Trinajstić information content (AvgIpc) is 2.55. The zero-order valence-electron chi connectivity index (χ0n) is 13.4. The first-order chi connectivity index (χ1) is 11.1. The smallest absolute Gasteiger partial charge is 0.253 e. The molecule has 1 saturated heterocycles. The molecule has 1 aliphatic heterocycles. The summed E-state index contributed by atoms with van der Waals surface area (Å²) < 4.78 is 13.2. The number of carbonyl (C=O) groups excluding carboxylic acids is 1. The van der Waals surface area contributed by atoms with Gasteiger partial charge in [-0.2, -0.15) is 0 Å². The van der Waals surface area contributed by atoms with Gasteiger partial charge in [-0.1, -0.05) is 0 Å². The van der Waals surface area contributed by atoms with Crippen LogP contribution >= 0.6 is 0 Å². The van der Waals surface area contributed by atoms with Crippen LogP contribution in [0, 0.1) is 18.7 Å². The van der Waals surface area contributed by atoms with Gasteiger partial charge in [-0.05, 0) is 63.4 Å². The normalized spacial score (nSPS) is 18.1. The molecule has 2 aromatic rings. The van der Waals surface area contributed by atoms with Crippen molar-refractivity contribution in [2.45, 2.75) is 26.2 Å². The van der Waals surface area contributed by atoms with E-state index in [9.17, 15) is 9.18 Å². The molecule has 3 rings (SSSR count). The van der Waals surface area contributed by atoms with Gasteiger partial charge in [0.15, 0.2) is 0 Å². The predicted molar refractivity (Wildman–Crippen MR) is 89.0 cm³/mol. The number of halogens is 1. The van der Waals surface area contributed by atoms with Crippen LogP contribution in [-0.4, -0.2) is 30.5 Å². The summed E-state index contributed by atoms with van der Waals surface area (Å²) >= 11 is 0. The zero-order chi connectivity index (χ0) is 16.2. The number of rotatable bonds is 4. The molecule has 1 atom stereocenters. The van der Waals surface area contributed by atoms with Gasteiger partial charge in [0.25, 0.3) is 5.91 Å². The molecule has 1 aromatic heterocycles. The maximum Gasteiger partial charge on any atom is 0.253 e. The molecule has 1 amide bonds. The number of nitrogens with one attached hydrogen (secondary N) is 2. The van der Waals surface area contributed by atoms with Crippen LogP contribution in [0.25, 0.3) is 10.9 Å². The third kappa shape index (κ3) is 3.85. The van der Waals surface area contributed by atoms with Crippen LogP contribution in [0.1, 0.15) is 35.3 Å². The Morgan fingerprint density at radius 1 is 1.43 bits per heavy atom. The highest BCUT2D eigenvalue weighted by molar-refractivity contribution is 5.98. The van der Waals surface area contributed by atoms with E-state index >= 15 is 0 Å². The molecule has 0 saturated carbocycles. The second kappa shape index (κ2) is 7.04. The Hall–Kier alpha value is -2.01. The van der Waals surface area contributed by atoms with Crippen LogP contribution in [0.2, 0.25) is 0 Å². The van der Waals surface area contributed by atoms with Gasteiger partial charge >= 0.3 is 0 Å². The first kappa shape index (κ1) is 15.9. The number of aromatic nitrogens is 1. The van der Waals surface area contributed by atoms with E-state index < -0.39 is 0 Å². The van der Waals surface area contributed by atoms with Crippen LogP contribution in [-0.2, 0) is 0 Å². The predicted octanol–water partition coefficient (Wildman–Crippen LogP) is 2.80. The Kier molecular flexibility index (Phi) is 4.86. The monoisotopic (exact) mass is 315 g/mol. The van der Waals surface area contributed by atoms with Gasteiger partial charge < -0.3 is 10.6 Å². The number of benzene rings is 1. The summed E-state index contributed by atoms with van der Waals surface area (Å²) in [4.78, 5) is 16.7. The van der Waals surface area contributed by atoms with Crippen molar-refractivity contribution in [3.8, 4) is 0 Å². The molecule has 122 valence electrons. The van der Waals surface area contributed by atoms with Crippen molar-refractivity contribution >= 4 is 16.8 Å². The summed E-state index contributed by atoms with van der Waals surface area (Å²) in [6, 6.07) is 6.22. The maximum atomic E-state index is 13.2. The van der Waals surface area contributed by atoms with Crippen molar-refractivity contribution in [3.05, 3.63) is 41.3 Å². The number of carbonyl (C=O) groups is 1. The Morgan fingerprint density at radius 3 is 3.09 bits per heavy atom. The molecule has 1 fully saturated rings. The molecule has 1 aromatic carbocycles. The number of hydrogen-bond donors (Lipinski definition) is 2. The second-order valence-corrected chi connectivity index (χ2v) is 6.22. The molecular formula is C18H22FN3O. The highest BCUT2D eigenvalue weighted by atomic mass is 19.1. The fraction of sp³-hybridized carbons (Fsp3) is 0.444. The molecule has 0 bridgehead atoms. The molecule has 4 nitrogen and oxygen atoms in total. The second-order valence-electron chi connectivity index (χ2n) is 6.22. The fourth-order valence-corrected chi connectivity index (χ4v) is 3.12. The van der Waals surface area contributed by atoms with Crippen LogP contribution in [0.5, 0.6) is 0 Å². The van der Waals surface area contributed by atoms with Crippen molar-refractivity contribution in [3.63, 3.8) is 0 Å². The Labute approximate surface area is 135 Å². The molecule has 0 spiro atoms. The van der Waals surface area contributed by atoms with E-state index in [2.05, 4.69) is 15.6 Å². The number of piperidine rings is 1. The molecular weight excluding hydrogens is 293 g/mol. The third-order valence-corrected chi connectivity index (χ3v) is 4.45. The molecule has 23 heavy (non-hydrogen) atoms. The van der Waals surface area contributed by atoms with E-state index in [1.807, 2.05) is 0 Å². The number of amides is 1. The Balaban J connectivity index is 1.65. The van der Waals surface area contributed by atoms with E-state index in [1.54, 1.807) is 19.1 Å². The van der Waals surface area contributed by atoms with E-state index in [-0.39, 0.29) is 11.7 Å². The molecule has 5 heteroatoms. The lowest BCUT2D eigenvalue weighted by Crippen LogP contribution is -2.33.